The molecule has 0 aromatic carbocycles. The van der Waals surface area contributed by atoms with Crippen LogP contribution in [0.25, 0.3) is 11.2 Å². The Hall–Kier alpha value is -2.10. The minimum absolute atomic E-state index is 0.00259. The maximum Gasteiger partial charge on any atom is 0.282 e. The van der Waals surface area contributed by atoms with Gasteiger partial charge >= 0.3 is 0 Å². The Kier molecular flexibility index (Phi) is 4.23. The molecule has 0 aliphatic heterocycles. The van der Waals surface area contributed by atoms with Gasteiger partial charge in [0, 0.05) is 11.9 Å². The van der Waals surface area contributed by atoms with E-state index in [0.29, 0.717) is 11.3 Å². The van der Waals surface area contributed by atoms with Crippen LogP contribution in [0.1, 0.15) is 38.1 Å². The van der Waals surface area contributed by atoms with Crippen LogP contribution in [0.4, 0.5) is 0 Å². The van der Waals surface area contributed by atoms with Gasteiger partial charge in [-0.05, 0) is 44.4 Å². The molecule has 0 unspecified atom stereocenters. The molecule has 4 nitrogen and oxygen atoms in total. The van der Waals surface area contributed by atoms with Gasteiger partial charge in [-0.15, -0.1) is 0 Å². The van der Waals surface area contributed by atoms with Crippen LogP contribution < -0.4 is 5.56 Å². The fourth-order valence-electron chi connectivity index (χ4n) is 2.39. The van der Waals surface area contributed by atoms with Crippen LogP contribution >= 0.6 is 0 Å². The Morgan fingerprint density at radius 2 is 1.95 bits per heavy atom. The van der Waals surface area contributed by atoms with Crippen LogP contribution in [-0.2, 0) is 0 Å². The standard InChI is InChI=1S/C14H15N3O.C2H6/c1-10-8-9-16-13(10)14(18)17(11(2)15-16)12-6-4-3-5-7-12;1-2/h4,6-9H,3,5H2,1-2H3;1-2H3. The summed E-state index contributed by atoms with van der Waals surface area (Å²) in [5.41, 5.74) is 2.55. The summed E-state index contributed by atoms with van der Waals surface area (Å²) >= 11 is 0. The van der Waals surface area contributed by atoms with Gasteiger partial charge in [0.2, 0.25) is 0 Å². The molecule has 0 amide bonds. The number of hydrogen-bond donors (Lipinski definition) is 0. The van der Waals surface area contributed by atoms with Gasteiger partial charge in [-0.3, -0.25) is 9.36 Å². The molecule has 3 rings (SSSR count). The number of rotatable bonds is 1. The third-order valence-electron chi connectivity index (χ3n) is 3.28. The molecule has 2 aromatic heterocycles. The highest BCUT2D eigenvalue weighted by molar-refractivity contribution is 5.62. The Morgan fingerprint density at radius 3 is 2.60 bits per heavy atom. The summed E-state index contributed by atoms with van der Waals surface area (Å²) in [4.78, 5) is 12.6. The Morgan fingerprint density at radius 1 is 1.20 bits per heavy atom. The number of allylic oxidation sites excluding steroid dienone is 4. The fraction of sp³-hybridized carbons (Fsp3) is 0.375. The van der Waals surface area contributed by atoms with Gasteiger partial charge in [0.05, 0.1) is 0 Å². The molecule has 2 heterocycles. The van der Waals surface area contributed by atoms with Crippen molar-refractivity contribution >= 4 is 11.2 Å². The summed E-state index contributed by atoms with van der Waals surface area (Å²) in [7, 11) is 0. The van der Waals surface area contributed by atoms with Crippen molar-refractivity contribution in [2.45, 2.75) is 40.5 Å². The highest BCUT2D eigenvalue weighted by atomic mass is 16.1. The first-order chi connectivity index (χ1) is 9.68. The van der Waals surface area contributed by atoms with E-state index in [-0.39, 0.29) is 5.56 Å². The Labute approximate surface area is 119 Å². The number of fused-ring (bicyclic) bond motifs is 1. The van der Waals surface area contributed by atoms with Crippen molar-refractivity contribution in [3.63, 3.8) is 0 Å². The van der Waals surface area contributed by atoms with Crippen molar-refractivity contribution in [1.82, 2.24) is 14.2 Å². The first-order valence-corrected chi connectivity index (χ1v) is 7.13. The van der Waals surface area contributed by atoms with E-state index in [0.717, 1.165) is 24.1 Å². The van der Waals surface area contributed by atoms with Crippen LogP contribution in [0.2, 0.25) is 0 Å². The fourth-order valence-corrected chi connectivity index (χ4v) is 2.39. The molecular formula is C16H21N3O. The molecular weight excluding hydrogens is 250 g/mol. The predicted molar refractivity (Wildman–Crippen MR) is 82.9 cm³/mol. The predicted octanol–water partition coefficient (Wildman–Crippen LogP) is 3.33. The van der Waals surface area contributed by atoms with Gasteiger partial charge in [0.15, 0.2) is 0 Å². The van der Waals surface area contributed by atoms with Gasteiger partial charge in [0.1, 0.15) is 11.3 Å². The summed E-state index contributed by atoms with van der Waals surface area (Å²) in [5.74, 6) is 0.709. The highest BCUT2D eigenvalue weighted by Gasteiger charge is 2.13. The monoisotopic (exact) mass is 271 g/mol. The second-order valence-electron chi connectivity index (χ2n) is 4.59. The van der Waals surface area contributed by atoms with Crippen LogP contribution in [0, 0.1) is 13.8 Å². The second-order valence-corrected chi connectivity index (χ2v) is 4.59. The lowest BCUT2D eigenvalue weighted by Gasteiger charge is -2.13. The van der Waals surface area contributed by atoms with E-state index in [1.807, 2.05) is 46.0 Å². The molecule has 0 N–H and O–H groups in total. The largest absolute Gasteiger partial charge is 0.282 e. The molecule has 0 saturated heterocycles. The summed E-state index contributed by atoms with van der Waals surface area (Å²) in [5, 5.41) is 4.44. The van der Waals surface area contributed by atoms with Gasteiger partial charge in [-0.2, -0.15) is 5.10 Å². The van der Waals surface area contributed by atoms with Crippen molar-refractivity contribution in [1.29, 1.82) is 0 Å². The van der Waals surface area contributed by atoms with Crippen molar-refractivity contribution in [2.75, 3.05) is 0 Å². The highest BCUT2D eigenvalue weighted by Crippen LogP contribution is 2.15. The molecule has 0 bridgehead atoms. The number of aryl methyl sites for hydroxylation is 2. The summed E-state index contributed by atoms with van der Waals surface area (Å²) in [6.07, 6.45) is 10.0. The Balaban J connectivity index is 0.000000704. The molecule has 0 fully saturated rings. The van der Waals surface area contributed by atoms with E-state index in [2.05, 4.69) is 17.3 Å². The van der Waals surface area contributed by atoms with Gasteiger partial charge in [0.25, 0.3) is 5.56 Å². The zero-order valence-corrected chi connectivity index (χ0v) is 12.6. The maximum atomic E-state index is 12.6. The maximum absolute atomic E-state index is 12.6. The molecule has 2 aromatic rings. The molecule has 0 spiro atoms. The molecule has 0 saturated carbocycles. The molecule has 0 radical (unpaired) electrons. The van der Waals surface area contributed by atoms with Gasteiger partial charge in [-0.25, -0.2) is 4.52 Å². The average molecular weight is 271 g/mol. The summed E-state index contributed by atoms with van der Waals surface area (Å²) < 4.78 is 3.36. The van der Waals surface area contributed by atoms with Crippen molar-refractivity contribution in [2.24, 2.45) is 0 Å². The van der Waals surface area contributed by atoms with E-state index in [9.17, 15) is 4.79 Å². The Bertz CT molecular complexity index is 732. The molecule has 20 heavy (non-hydrogen) atoms. The summed E-state index contributed by atoms with van der Waals surface area (Å²) in [6.45, 7) is 7.79. The lowest BCUT2D eigenvalue weighted by atomic mass is 10.1. The number of nitrogens with zero attached hydrogens (tertiary/aromatic N) is 3. The van der Waals surface area contributed by atoms with E-state index in [1.54, 1.807) is 9.08 Å². The molecule has 1 aliphatic carbocycles. The van der Waals surface area contributed by atoms with Crippen molar-refractivity contribution in [3.05, 3.63) is 52.2 Å². The number of aromatic nitrogens is 3. The topological polar surface area (TPSA) is 39.3 Å². The summed E-state index contributed by atoms with van der Waals surface area (Å²) in [6, 6.07) is 1.92. The SMILES string of the molecule is CC.Cc1ccn2nc(C)n(C3=CCCC=C3)c(=O)c12. The minimum Gasteiger partial charge on any atom is -0.266 e. The van der Waals surface area contributed by atoms with Crippen LogP contribution in [0.3, 0.4) is 0 Å². The smallest absolute Gasteiger partial charge is 0.266 e. The molecule has 0 atom stereocenters. The molecule has 4 heteroatoms. The normalized spacial score (nSPS) is 13.9. The van der Waals surface area contributed by atoms with Gasteiger partial charge in [-0.1, -0.05) is 26.0 Å². The van der Waals surface area contributed by atoms with Crippen LogP contribution in [0.15, 0.2) is 35.3 Å². The van der Waals surface area contributed by atoms with E-state index in [1.165, 1.54) is 0 Å². The van der Waals surface area contributed by atoms with Crippen molar-refractivity contribution in [3.8, 4) is 0 Å². The second kappa shape index (κ2) is 5.90. The minimum atomic E-state index is 0.00259. The average Bonchev–Trinajstić information content (AvgIpc) is 2.83. The van der Waals surface area contributed by atoms with Gasteiger partial charge < -0.3 is 0 Å². The first-order valence-electron chi connectivity index (χ1n) is 7.13. The van der Waals surface area contributed by atoms with Crippen molar-refractivity contribution < 1.29 is 0 Å². The quantitative estimate of drug-likeness (QED) is 0.798. The third-order valence-corrected chi connectivity index (χ3v) is 3.28. The van der Waals surface area contributed by atoms with E-state index < -0.39 is 0 Å². The van der Waals surface area contributed by atoms with E-state index in [4.69, 9.17) is 0 Å². The molecule has 1 aliphatic rings. The zero-order chi connectivity index (χ0) is 14.7. The van der Waals surface area contributed by atoms with Crippen LogP contribution in [-0.4, -0.2) is 14.2 Å². The lowest BCUT2D eigenvalue weighted by molar-refractivity contribution is 0.783. The zero-order valence-electron chi connectivity index (χ0n) is 12.6. The van der Waals surface area contributed by atoms with Crippen LogP contribution in [0.5, 0.6) is 0 Å². The van der Waals surface area contributed by atoms with E-state index >= 15 is 0 Å². The third kappa shape index (κ3) is 2.33. The number of hydrogen-bond acceptors (Lipinski definition) is 2. The lowest BCUT2D eigenvalue weighted by Crippen LogP contribution is -2.25. The first kappa shape index (κ1) is 14.3. The molecule has 106 valence electrons.